The number of carbonyl (C=O) groups is 2. The van der Waals surface area contributed by atoms with Crippen LogP contribution in [0.25, 0.3) is 0 Å². The summed E-state index contributed by atoms with van der Waals surface area (Å²) in [6.45, 7) is 5.24. The van der Waals surface area contributed by atoms with Crippen LogP contribution in [0.2, 0.25) is 0 Å². The first kappa shape index (κ1) is 26.7. The number of ether oxygens (including phenoxy) is 2. The Hall–Kier alpha value is -2.86. The predicted octanol–water partition coefficient (Wildman–Crippen LogP) is 5.62. The molecular weight excluding hydrogens is 442 g/mol. The Morgan fingerprint density at radius 1 is 1.06 bits per heavy atom. The minimum atomic E-state index is -0.693. The lowest BCUT2D eigenvalue weighted by Crippen LogP contribution is -2.34. The van der Waals surface area contributed by atoms with Gasteiger partial charge < -0.3 is 14.6 Å². The fourth-order valence-corrected chi connectivity index (χ4v) is 5.04. The topological polar surface area (TPSA) is 76.1 Å². The Balaban J connectivity index is 0.000000429. The average molecular weight is 482 g/mol. The van der Waals surface area contributed by atoms with Crippen LogP contribution in [0.5, 0.6) is 11.5 Å². The summed E-state index contributed by atoms with van der Waals surface area (Å²) in [6.07, 6.45) is 6.27. The summed E-state index contributed by atoms with van der Waals surface area (Å²) in [5.74, 6) is 1.69. The van der Waals surface area contributed by atoms with Crippen molar-refractivity contribution in [3.8, 4) is 11.5 Å². The fourth-order valence-electron chi connectivity index (χ4n) is 5.04. The van der Waals surface area contributed by atoms with Crippen molar-refractivity contribution in [2.45, 2.75) is 58.4 Å². The first-order valence-electron chi connectivity index (χ1n) is 12.7. The Labute approximate surface area is 209 Å². The molecule has 0 amide bonds. The van der Waals surface area contributed by atoms with Gasteiger partial charge in [0.1, 0.15) is 0 Å². The number of hydrogen-bond donors (Lipinski definition) is 1. The zero-order valence-electron chi connectivity index (χ0n) is 21.3. The summed E-state index contributed by atoms with van der Waals surface area (Å²) in [7, 11) is 3.26. The van der Waals surface area contributed by atoms with Crippen LogP contribution in [0.3, 0.4) is 0 Å². The standard InChI is InChI=1S/C24H29NO3.C5H10O2/c1-27-22-14-19-13-20(24(26)21(19)15-23(22)28-2)12-17-8-10-25(11-9-17)16-18-6-4-3-5-7-18;1-2-3-4-5(6)7/h3-7,14-15,17,20H,8-13,16H2,1-2H3;2-4H2,1H3,(H,6,7). The molecule has 1 unspecified atom stereocenters. The molecule has 2 aliphatic rings. The van der Waals surface area contributed by atoms with Crippen LogP contribution >= 0.6 is 0 Å². The van der Waals surface area contributed by atoms with E-state index in [0.29, 0.717) is 23.8 Å². The predicted molar refractivity (Wildman–Crippen MR) is 137 cm³/mol. The van der Waals surface area contributed by atoms with E-state index in [2.05, 4.69) is 35.2 Å². The van der Waals surface area contributed by atoms with Crippen molar-refractivity contribution in [2.75, 3.05) is 27.3 Å². The second-order valence-corrected chi connectivity index (χ2v) is 9.57. The second kappa shape index (κ2) is 13.3. The van der Waals surface area contributed by atoms with Crippen LogP contribution in [0.15, 0.2) is 42.5 Å². The fraction of sp³-hybridized carbons (Fsp3) is 0.517. The van der Waals surface area contributed by atoms with Gasteiger partial charge in [0.2, 0.25) is 0 Å². The molecule has 0 saturated carbocycles. The van der Waals surface area contributed by atoms with Gasteiger partial charge in [-0.2, -0.15) is 0 Å². The molecule has 4 rings (SSSR count). The van der Waals surface area contributed by atoms with Gasteiger partial charge in [-0.15, -0.1) is 0 Å². The molecule has 6 nitrogen and oxygen atoms in total. The molecule has 1 aliphatic carbocycles. The van der Waals surface area contributed by atoms with Gasteiger partial charge in [0.15, 0.2) is 17.3 Å². The van der Waals surface area contributed by atoms with Crippen molar-refractivity contribution in [2.24, 2.45) is 11.8 Å². The molecule has 2 aromatic rings. The highest BCUT2D eigenvalue weighted by atomic mass is 16.5. The molecule has 35 heavy (non-hydrogen) atoms. The van der Waals surface area contributed by atoms with Gasteiger partial charge in [0, 0.05) is 24.4 Å². The molecule has 0 aromatic heterocycles. The number of rotatable bonds is 9. The third-order valence-corrected chi connectivity index (χ3v) is 7.03. The van der Waals surface area contributed by atoms with Gasteiger partial charge in [-0.05, 0) is 74.4 Å². The zero-order chi connectivity index (χ0) is 25.2. The van der Waals surface area contributed by atoms with Crippen LogP contribution in [0.4, 0.5) is 0 Å². The zero-order valence-corrected chi connectivity index (χ0v) is 21.3. The Kier molecular flexibility index (Phi) is 10.2. The van der Waals surface area contributed by atoms with Crippen LogP contribution < -0.4 is 9.47 Å². The molecule has 1 atom stereocenters. The van der Waals surface area contributed by atoms with Crippen molar-refractivity contribution in [1.82, 2.24) is 4.90 Å². The number of benzene rings is 2. The number of aliphatic carboxylic acids is 1. The molecule has 1 heterocycles. The second-order valence-electron chi connectivity index (χ2n) is 9.57. The quantitative estimate of drug-likeness (QED) is 0.501. The maximum atomic E-state index is 12.9. The summed E-state index contributed by atoms with van der Waals surface area (Å²) in [6, 6.07) is 14.5. The smallest absolute Gasteiger partial charge is 0.303 e. The van der Waals surface area contributed by atoms with E-state index in [-0.39, 0.29) is 11.7 Å². The lowest BCUT2D eigenvalue weighted by Gasteiger charge is -2.32. The maximum Gasteiger partial charge on any atom is 0.303 e. The van der Waals surface area contributed by atoms with Gasteiger partial charge >= 0.3 is 5.97 Å². The molecule has 1 fully saturated rings. The molecule has 1 N–H and O–H groups in total. The summed E-state index contributed by atoms with van der Waals surface area (Å²) < 4.78 is 10.8. The number of methoxy groups -OCH3 is 2. The molecule has 0 spiro atoms. The van der Waals surface area contributed by atoms with E-state index in [1.165, 1.54) is 18.4 Å². The molecular formula is C29H39NO5. The number of hydrogen-bond acceptors (Lipinski definition) is 5. The number of carboxylic acids is 1. The van der Waals surface area contributed by atoms with E-state index in [1.807, 2.05) is 19.1 Å². The van der Waals surface area contributed by atoms with Gasteiger partial charge in [-0.25, -0.2) is 0 Å². The van der Waals surface area contributed by atoms with Gasteiger partial charge in [-0.1, -0.05) is 43.7 Å². The lowest BCUT2D eigenvalue weighted by molar-refractivity contribution is -0.137. The van der Waals surface area contributed by atoms with Crippen molar-refractivity contribution in [3.63, 3.8) is 0 Å². The van der Waals surface area contributed by atoms with Crippen molar-refractivity contribution >= 4 is 11.8 Å². The van der Waals surface area contributed by atoms with Crippen LogP contribution in [-0.2, 0) is 17.8 Å². The maximum absolute atomic E-state index is 12.9. The van der Waals surface area contributed by atoms with Crippen LogP contribution in [0.1, 0.15) is 66.9 Å². The lowest BCUT2D eigenvalue weighted by atomic mass is 9.85. The number of ketones is 1. The molecule has 6 heteroatoms. The van der Waals surface area contributed by atoms with Crippen LogP contribution in [-0.4, -0.2) is 49.1 Å². The molecule has 1 saturated heterocycles. The van der Waals surface area contributed by atoms with E-state index in [4.69, 9.17) is 14.6 Å². The molecule has 0 bridgehead atoms. The summed E-state index contributed by atoms with van der Waals surface area (Å²) in [5, 5.41) is 8.04. The van der Waals surface area contributed by atoms with Gasteiger partial charge in [0.25, 0.3) is 0 Å². The summed E-state index contributed by atoms with van der Waals surface area (Å²) in [5.41, 5.74) is 3.31. The normalized spacial score (nSPS) is 17.9. The highest BCUT2D eigenvalue weighted by Gasteiger charge is 2.34. The highest BCUT2D eigenvalue weighted by Crippen LogP contribution is 2.39. The summed E-state index contributed by atoms with van der Waals surface area (Å²) in [4.78, 5) is 25.2. The van der Waals surface area contributed by atoms with Gasteiger partial charge in [-0.3, -0.25) is 14.5 Å². The number of likely N-dealkylation sites (tertiary alicyclic amines) is 1. The number of Topliss-reactive ketones (excluding diaryl/α,β-unsaturated/α-hetero) is 1. The van der Waals surface area contributed by atoms with E-state index in [1.54, 1.807) is 14.2 Å². The number of nitrogens with zero attached hydrogens (tertiary/aromatic N) is 1. The van der Waals surface area contributed by atoms with Crippen LogP contribution in [0, 0.1) is 11.8 Å². The minimum Gasteiger partial charge on any atom is -0.493 e. The first-order valence-corrected chi connectivity index (χ1v) is 12.7. The van der Waals surface area contributed by atoms with E-state index in [9.17, 15) is 9.59 Å². The minimum absolute atomic E-state index is 0.109. The third kappa shape index (κ3) is 7.56. The van der Waals surface area contributed by atoms with E-state index >= 15 is 0 Å². The van der Waals surface area contributed by atoms with Crippen molar-refractivity contribution in [1.29, 1.82) is 0 Å². The number of carbonyl (C=O) groups excluding carboxylic acids is 1. The molecule has 0 radical (unpaired) electrons. The van der Waals surface area contributed by atoms with E-state index in [0.717, 1.165) is 56.4 Å². The molecule has 2 aromatic carbocycles. The van der Waals surface area contributed by atoms with E-state index < -0.39 is 5.97 Å². The number of piperidine rings is 1. The first-order chi connectivity index (χ1) is 16.9. The van der Waals surface area contributed by atoms with Crippen molar-refractivity contribution in [3.05, 3.63) is 59.2 Å². The van der Waals surface area contributed by atoms with Crippen molar-refractivity contribution < 1.29 is 24.2 Å². The Bertz CT molecular complexity index is 967. The SMILES string of the molecule is CCCCC(=O)O.COc1cc2c(cc1OC)C(=O)C(CC1CCN(Cc3ccccc3)CC1)C2. The Morgan fingerprint density at radius 3 is 2.29 bits per heavy atom. The Morgan fingerprint density at radius 2 is 1.71 bits per heavy atom. The third-order valence-electron chi connectivity index (χ3n) is 7.03. The number of unbranched alkanes of at least 4 members (excludes halogenated alkanes) is 1. The number of fused-ring (bicyclic) bond motifs is 1. The highest BCUT2D eigenvalue weighted by molar-refractivity contribution is 6.02. The summed E-state index contributed by atoms with van der Waals surface area (Å²) >= 11 is 0. The molecule has 190 valence electrons. The largest absolute Gasteiger partial charge is 0.493 e. The van der Waals surface area contributed by atoms with Gasteiger partial charge in [0.05, 0.1) is 14.2 Å². The number of carboxylic acid groups (broad SMARTS) is 1. The monoisotopic (exact) mass is 481 g/mol. The average Bonchev–Trinajstić information content (AvgIpc) is 3.18. The molecule has 1 aliphatic heterocycles.